The molecule has 0 aliphatic carbocycles. The Hall–Kier alpha value is -2.55. The van der Waals surface area contributed by atoms with Crippen molar-refractivity contribution in [2.75, 3.05) is 13.1 Å². The molecule has 3 rings (SSSR count). The molecule has 1 fully saturated rings. The third kappa shape index (κ3) is 5.50. The number of carboxylic acids is 1. The van der Waals surface area contributed by atoms with E-state index in [4.69, 9.17) is 22.0 Å². The Labute approximate surface area is 176 Å². The number of aliphatic carboxylic acids is 1. The van der Waals surface area contributed by atoms with Crippen LogP contribution in [0.3, 0.4) is 0 Å². The molecule has 0 aromatic heterocycles. The molecule has 5 nitrogen and oxygen atoms in total. The second-order valence-corrected chi connectivity index (χ2v) is 8.01. The van der Waals surface area contributed by atoms with Crippen LogP contribution in [0.5, 0.6) is 5.75 Å². The van der Waals surface area contributed by atoms with Crippen molar-refractivity contribution in [3.8, 4) is 11.8 Å². The Morgan fingerprint density at radius 1 is 1.17 bits per heavy atom. The summed E-state index contributed by atoms with van der Waals surface area (Å²) in [5.41, 5.74) is 2.41. The van der Waals surface area contributed by atoms with Crippen molar-refractivity contribution in [3.63, 3.8) is 0 Å². The Balaban J connectivity index is 1.73. The van der Waals surface area contributed by atoms with Crippen LogP contribution in [0.4, 0.5) is 0 Å². The first kappa shape index (κ1) is 21.2. The van der Waals surface area contributed by atoms with Crippen LogP contribution in [-0.4, -0.2) is 34.2 Å². The maximum absolute atomic E-state index is 11.1. The number of benzene rings is 2. The van der Waals surface area contributed by atoms with Crippen LogP contribution < -0.4 is 0 Å². The first-order chi connectivity index (χ1) is 14.0. The standard InChI is InChI=1S/C23H25ClN2O3/c24-20-7-3-16(4-8-20)18-11-13-26(12-1-2-19(15-25)23(28)29)22(14-18)17-5-9-21(27)10-6-17/h3-10,18-19,22,27H,1-2,11-14H2,(H,28,29). The average Bonchev–Trinajstić information content (AvgIpc) is 2.72. The molecule has 2 aromatic carbocycles. The van der Waals surface area contributed by atoms with Gasteiger partial charge in [-0.3, -0.25) is 9.69 Å². The van der Waals surface area contributed by atoms with Gasteiger partial charge in [-0.15, -0.1) is 0 Å². The van der Waals surface area contributed by atoms with Gasteiger partial charge >= 0.3 is 5.97 Å². The largest absolute Gasteiger partial charge is 0.508 e. The summed E-state index contributed by atoms with van der Waals surface area (Å²) >= 11 is 6.03. The minimum Gasteiger partial charge on any atom is -0.508 e. The fraction of sp³-hybridized carbons (Fsp3) is 0.391. The Morgan fingerprint density at radius 3 is 2.45 bits per heavy atom. The molecule has 29 heavy (non-hydrogen) atoms. The van der Waals surface area contributed by atoms with E-state index in [-0.39, 0.29) is 11.8 Å². The zero-order chi connectivity index (χ0) is 20.8. The van der Waals surface area contributed by atoms with E-state index in [2.05, 4.69) is 17.0 Å². The van der Waals surface area contributed by atoms with E-state index in [1.165, 1.54) is 5.56 Å². The van der Waals surface area contributed by atoms with Gasteiger partial charge in [0.1, 0.15) is 11.7 Å². The molecular weight excluding hydrogens is 388 g/mol. The third-order valence-electron chi connectivity index (χ3n) is 5.72. The number of hydrogen-bond acceptors (Lipinski definition) is 4. The van der Waals surface area contributed by atoms with Gasteiger partial charge < -0.3 is 10.2 Å². The molecule has 0 spiro atoms. The van der Waals surface area contributed by atoms with Gasteiger partial charge in [-0.1, -0.05) is 35.9 Å². The zero-order valence-electron chi connectivity index (χ0n) is 16.2. The lowest BCUT2D eigenvalue weighted by Gasteiger charge is -2.40. The highest BCUT2D eigenvalue weighted by Gasteiger charge is 2.30. The lowest BCUT2D eigenvalue weighted by molar-refractivity contribution is -0.140. The van der Waals surface area contributed by atoms with Crippen LogP contribution >= 0.6 is 11.6 Å². The topological polar surface area (TPSA) is 84.6 Å². The molecule has 2 aromatic rings. The van der Waals surface area contributed by atoms with Crippen molar-refractivity contribution in [3.05, 3.63) is 64.7 Å². The van der Waals surface area contributed by atoms with Crippen molar-refractivity contribution in [2.45, 2.75) is 37.6 Å². The number of aromatic hydroxyl groups is 1. The number of phenols is 1. The molecule has 0 amide bonds. The maximum atomic E-state index is 11.1. The van der Waals surface area contributed by atoms with Gasteiger partial charge in [0.15, 0.2) is 0 Å². The maximum Gasteiger partial charge on any atom is 0.320 e. The summed E-state index contributed by atoms with van der Waals surface area (Å²) in [6.45, 7) is 1.63. The van der Waals surface area contributed by atoms with Crippen LogP contribution in [0, 0.1) is 17.2 Å². The predicted molar refractivity (Wildman–Crippen MR) is 112 cm³/mol. The summed E-state index contributed by atoms with van der Waals surface area (Å²) in [6, 6.07) is 17.4. The number of carboxylic acid groups (broad SMARTS) is 1. The fourth-order valence-corrected chi connectivity index (χ4v) is 4.23. The first-order valence-corrected chi connectivity index (χ1v) is 10.3. The zero-order valence-corrected chi connectivity index (χ0v) is 16.9. The van der Waals surface area contributed by atoms with Gasteiger partial charge in [0.2, 0.25) is 0 Å². The van der Waals surface area contributed by atoms with E-state index in [9.17, 15) is 9.90 Å². The third-order valence-corrected chi connectivity index (χ3v) is 5.98. The number of nitriles is 1. The molecule has 0 radical (unpaired) electrons. The number of piperidine rings is 1. The summed E-state index contributed by atoms with van der Waals surface area (Å²) in [5, 5.41) is 28.4. The Kier molecular flexibility index (Phi) is 7.13. The highest BCUT2D eigenvalue weighted by Crippen LogP contribution is 2.40. The molecule has 3 atom stereocenters. The summed E-state index contributed by atoms with van der Waals surface area (Å²) in [6.07, 6.45) is 2.96. The monoisotopic (exact) mass is 412 g/mol. The van der Waals surface area contributed by atoms with Gasteiger partial charge in [-0.2, -0.15) is 5.26 Å². The number of carbonyl (C=O) groups is 1. The number of likely N-dealkylation sites (tertiary alicyclic amines) is 1. The van der Waals surface area contributed by atoms with Crippen LogP contribution in [0.15, 0.2) is 48.5 Å². The lowest BCUT2D eigenvalue weighted by Crippen LogP contribution is -2.37. The van der Waals surface area contributed by atoms with Gasteiger partial charge in [0, 0.05) is 11.1 Å². The van der Waals surface area contributed by atoms with Crippen molar-refractivity contribution in [1.29, 1.82) is 5.26 Å². The summed E-state index contributed by atoms with van der Waals surface area (Å²) in [5.74, 6) is -1.35. The van der Waals surface area contributed by atoms with Crippen molar-refractivity contribution >= 4 is 17.6 Å². The second kappa shape index (κ2) is 9.78. The molecule has 6 heteroatoms. The molecule has 1 saturated heterocycles. The van der Waals surface area contributed by atoms with Crippen LogP contribution in [0.2, 0.25) is 5.02 Å². The predicted octanol–water partition coefficient (Wildman–Crippen LogP) is 4.97. The molecule has 1 heterocycles. The van der Waals surface area contributed by atoms with Crippen LogP contribution in [0.1, 0.15) is 48.8 Å². The van der Waals surface area contributed by atoms with E-state index in [0.29, 0.717) is 18.8 Å². The van der Waals surface area contributed by atoms with E-state index >= 15 is 0 Å². The van der Waals surface area contributed by atoms with E-state index < -0.39 is 11.9 Å². The van der Waals surface area contributed by atoms with Crippen molar-refractivity contribution in [1.82, 2.24) is 4.90 Å². The number of phenolic OH excluding ortho intramolecular Hbond substituents is 1. The first-order valence-electron chi connectivity index (χ1n) is 9.89. The molecule has 0 saturated carbocycles. The highest BCUT2D eigenvalue weighted by molar-refractivity contribution is 6.30. The number of halogens is 1. The second-order valence-electron chi connectivity index (χ2n) is 7.58. The lowest BCUT2D eigenvalue weighted by atomic mass is 9.82. The molecule has 2 N–H and O–H groups in total. The Bertz CT molecular complexity index is 861. The van der Waals surface area contributed by atoms with E-state index in [1.807, 2.05) is 30.3 Å². The molecule has 152 valence electrons. The van der Waals surface area contributed by atoms with Crippen molar-refractivity contribution < 1.29 is 15.0 Å². The smallest absolute Gasteiger partial charge is 0.320 e. The quantitative estimate of drug-likeness (QED) is 0.670. The molecule has 1 aliphatic heterocycles. The molecule has 1 aliphatic rings. The molecule has 3 unspecified atom stereocenters. The van der Waals surface area contributed by atoms with Crippen LogP contribution in [0.25, 0.3) is 0 Å². The average molecular weight is 413 g/mol. The van der Waals surface area contributed by atoms with Gasteiger partial charge in [0.05, 0.1) is 6.07 Å². The van der Waals surface area contributed by atoms with Crippen LogP contribution in [-0.2, 0) is 4.79 Å². The van der Waals surface area contributed by atoms with Crippen molar-refractivity contribution in [2.24, 2.45) is 5.92 Å². The molecular formula is C23H25ClN2O3. The summed E-state index contributed by atoms with van der Waals surface area (Å²) in [7, 11) is 0. The molecule has 0 bridgehead atoms. The Morgan fingerprint density at radius 2 is 1.83 bits per heavy atom. The number of rotatable bonds is 7. The highest BCUT2D eigenvalue weighted by atomic mass is 35.5. The minimum absolute atomic E-state index is 0.176. The normalized spacial score (nSPS) is 20.7. The van der Waals surface area contributed by atoms with E-state index in [1.54, 1.807) is 12.1 Å². The minimum atomic E-state index is -1.05. The number of hydrogen-bond donors (Lipinski definition) is 2. The number of nitrogens with zero attached hydrogens (tertiary/aromatic N) is 2. The summed E-state index contributed by atoms with van der Waals surface area (Å²) in [4.78, 5) is 13.5. The fourth-order valence-electron chi connectivity index (χ4n) is 4.10. The summed E-state index contributed by atoms with van der Waals surface area (Å²) < 4.78 is 0. The SMILES string of the molecule is N#CC(CCCN1CCC(c2ccc(Cl)cc2)CC1c1ccc(O)cc1)C(=O)O. The van der Waals surface area contributed by atoms with E-state index in [0.717, 1.165) is 36.5 Å². The van der Waals surface area contributed by atoms with Gasteiger partial charge in [-0.25, -0.2) is 0 Å². The van der Waals surface area contributed by atoms with Gasteiger partial charge in [-0.05, 0) is 80.1 Å². The van der Waals surface area contributed by atoms with Gasteiger partial charge in [0.25, 0.3) is 0 Å².